The van der Waals surface area contributed by atoms with Crippen molar-refractivity contribution in [3.8, 4) is 17.1 Å². The van der Waals surface area contributed by atoms with Crippen LogP contribution in [0.3, 0.4) is 0 Å². The van der Waals surface area contributed by atoms with Gasteiger partial charge >= 0.3 is 0 Å². The van der Waals surface area contributed by atoms with E-state index in [9.17, 15) is 5.11 Å². The Morgan fingerprint density at radius 2 is 1.70 bits per heavy atom. The largest absolute Gasteiger partial charge is 0.507 e. The first-order chi connectivity index (χ1) is 13.3. The van der Waals surface area contributed by atoms with E-state index in [-0.39, 0.29) is 5.75 Å². The zero-order valence-electron chi connectivity index (χ0n) is 14.3. The van der Waals surface area contributed by atoms with Gasteiger partial charge in [-0.3, -0.25) is 0 Å². The smallest absolute Gasteiger partial charge is 0.165 e. The number of aromatic hydroxyl groups is 1. The van der Waals surface area contributed by atoms with Crippen molar-refractivity contribution in [2.75, 3.05) is 5.32 Å². The minimum Gasteiger partial charge on any atom is -0.507 e. The summed E-state index contributed by atoms with van der Waals surface area (Å²) in [5.74, 6) is 1.35. The zero-order chi connectivity index (χ0) is 18.2. The number of anilines is 2. The average molecular weight is 352 g/mol. The van der Waals surface area contributed by atoms with E-state index < -0.39 is 0 Å². The van der Waals surface area contributed by atoms with Gasteiger partial charge in [-0.1, -0.05) is 24.3 Å². The molecule has 2 heterocycles. The highest BCUT2D eigenvalue weighted by molar-refractivity contribution is 5.93. The molecule has 0 radical (unpaired) electrons. The predicted octanol–water partition coefficient (Wildman–Crippen LogP) is 5.23. The van der Waals surface area contributed by atoms with Gasteiger partial charge in [-0.2, -0.15) is 0 Å². The standard InChI is InChI=1S/C22H16N4O/c27-20-8-4-2-6-17(20)22-25-19-7-3-1-5-16(19)21(26-22)24-15-9-10-18-14(13-15)11-12-23-18/h1-13,23,27H,(H,24,25,26). The van der Waals surface area contributed by atoms with Crippen molar-refractivity contribution in [1.82, 2.24) is 15.0 Å². The van der Waals surface area contributed by atoms with Crippen molar-refractivity contribution in [2.45, 2.75) is 0 Å². The van der Waals surface area contributed by atoms with E-state index >= 15 is 0 Å². The molecule has 0 aliphatic heterocycles. The number of benzene rings is 3. The van der Waals surface area contributed by atoms with Crippen LogP contribution in [0.1, 0.15) is 0 Å². The third-order valence-corrected chi connectivity index (χ3v) is 4.56. The van der Waals surface area contributed by atoms with Gasteiger partial charge in [0.2, 0.25) is 0 Å². The Bertz CT molecular complexity index is 1280. The summed E-state index contributed by atoms with van der Waals surface area (Å²) in [6.45, 7) is 0. The van der Waals surface area contributed by atoms with Crippen molar-refractivity contribution in [1.29, 1.82) is 0 Å². The second-order valence-electron chi connectivity index (χ2n) is 6.33. The fraction of sp³-hybridized carbons (Fsp3) is 0. The lowest BCUT2D eigenvalue weighted by atomic mass is 10.1. The summed E-state index contributed by atoms with van der Waals surface area (Å²) in [6.07, 6.45) is 1.92. The SMILES string of the molecule is Oc1ccccc1-c1nc(Nc2ccc3[nH]ccc3c2)c2ccccc2n1. The maximum absolute atomic E-state index is 10.2. The number of H-pyrrole nitrogens is 1. The number of hydrogen-bond donors (Lipinski definition) is 3. The summed E-state index contributed by atoms with van der Waals surface area (Å²) in [4.78, 5) is 12.5. The van der Waals surface area contributed by atoms with Crippen LogP contribution in [0.25, 0.3) is 33.2 Å². The molecule has 2 aromatic heterocycles. The zero-order valence-corrected chi connectivity index (χ0v) is 14.3. The van der Waals surface area contributed by atoms with Crippen LogP contribution in [-0.2, 0) is 0 Å². The van der Waals surface area contributed by atoms with E-state index in [1.807, 2.05) is 60.8 Å². The minimum atomic E-state index is 0.160. The van der Waals surface area contributed by atoms with Gasteiger partial charge < -0.3 is 15.4 Å². The van der Waals surface area contributed by atoms with Crippen molar-refractivity contribution in [2.24, 2.45) is 0 Å². The molecule has 0 bridgehead atoms. The molecule has 3 aromatic carbocycles. The molecule has 5 heteroatoms. The van der Waals surface area contributed by atoms with Gasteiger partial charge in [0.15, 0.2) is 5.82 Å². The summed E-state index contributed by atoms with van der Waals surface area (Å²) in [7, 11) is 0. The molecule has 0 atom stereocenters. The van der Waals surface area contributed by atoms with Crippen LogP contribution in [-0.4, -0.2) is 20.1 Å². The first-order valence-electron chi connectivity index (χ1n) is 8.67. The van der Waals surface area contributed by atoms with E-state index in [1.165, 1.54) is 0 Å². The highest BCUT2D eigenvalue weighted by Gasteiger charge is 2.12. The van der Waals surface area contributed by atoms with E-state index in [0.717, 1.165) is 27.5 Å². The fourth-order valence-electron chi connectivity index (χ4n) is 3.22. The molecule has 3 N–H and O–H groups in total. The minimum absolute atomic E-state index is 0.160. The lowest BCUT2D eigenvalue weighted by molar-refractivity contribution is 0.477. The highest BCUT2D eigenvalue weighted by atomic mass is 16.3. The van der Waals surface area contributed by atoms with Crippen LogP contribution in [0.4, 0.5) is 11.5 Å². The Kier molecular flexibility index (Phi) is 3.50. The number of nitrogens with one attached hydrogen (secondary N) is 2. The topological polar surface area (TPSA) is 73.8 Å². The van der Waals surface area contributed by atoms with Crippen LogP contribution in [0.15, 0.2) is 79.0 Å². The van der Waals surface area contributed by atoms with E-state index in [1.54, 1.807) is 12.1 Å². The van der Waals surface area contributed by atoms with Crippen molar-refractivity contribution in [3.05, 3.63) is 79.0 Å². The second kappa shape index (κ2) is 6.14. The molecule has 0 amide bonds. The maximum Gasteiger partial charge on any atom is 0.165 e. The molecule has 0 fully saturated rings. The van der Waals surface area contributed by atoms with Crippen LogP contribution in [0.2, 0.25) is 0 Å². The van der Waals surface area contributed by atoms with Crippen molar-refractivity contribution in [3.63, 3.8) is 0 Å². The lowest BCUT2D eigenvalue weighted by Gasteiger charge is -2.12. The number of aromatic nitrogens is 3. The van der Waals surface area contributed by atoms with Gasteiger partial charge in [-0.25, -0.2) is 9.97 Å². The third kappa shape index (κ3) is 2.75. The van der Waals surface area contributed by atoms with Crippen molar-refractivity contribution >= 4 is 33.3 Å². The number of aromatic amines is 1. The van der Waals surface area contributed by atoms with Gasteiger partial charge in [0.05, 0.1) is 11.1 Å². The summed E-state index contributed by atoms with van der Waals surface area (Å²) in [5.41, 5.74) is 3.44. The number of fused-ring (bicyclic) bond motifs is 2. The molecule has 0 saturated carbocycles. The van der Waals surface area contributed by atoms with Crippen LogP contribution >= 0.6 is 0 Å². The number of phenolic OH excluding ortho intramolecular Hbond substituents is 1. The summed E-state index contributed by atoms with van der Waals surface area (Å²) in [5, 5.41) is 15.7. The van der Waals surface area contributed by atoms with E-state index in [0.29, 0.717) is 17.2 Å². The second-order valence-corrected chi connectivity index (χ2v) is 6.33. The highest BCUT2D eigenvalue weighted by Crippen LogP contribution is 2.31. The number of rotatable bonds is 3. The summed E-state index contributed by atoms with van der Waals surface area (Å²) >= 11 is 0. The molecule has 0 aliphatic rings. The maximum atomic E-state index is 10.2. The monoisotopic (exact) mass is 352 g/mol. The molecule has 5 aromatic rings. The molecule has 0 unspecified atom stereocenters. The Morgan fingerprint density at radius 1 is 0.852 bits per heavy atom. The van der Waals surface area contributed by atoms with Crippen LogP contribution in [0.5, 0.6) is 5.75 Å². The number of hydrogen-bond acceptors (Lipinski definition) is 4. The number of phenols is 1. The van der Waals surface area contributed by atoms with Gasteiger partial charge in [0.25, 0.3) is 0 Å². The average Bonchev–Trinajstić information content (AvgIpc) is 3.16. The van der Waals surface area contributed by atoms with Crippen LogP contribution in [0, 0.1) is 0 Å². The number of para-hydroxylation sites is 2. The third-order valence-electron chi connectivity index (χ3n) is 4.56. The normalized spacial score (nSPS) is 11.1. The lowest BCUT2D eigenvalue weighted by Crippen LogP contribution is -1.99. The van der Waals surface area contributed by atoms with Gasteiger partial charge in [-0.15, -0.1) is 0 Å². The first kappa shape index (κ1) is 15.4. The van der Waals surface area contributed by atoms with E-state index in [2.05, 4.69) is 21.4 Å². The first-order valence-corrected chi connectivity index (χ1v) is 8.67. The van der Waals surface area contributed by atoms with Crippen molar-refractivity contribution < 1.29 is 5.11 Å². The molecule has 130 valence electrons. The molecule has 0 spiro atoms. The Labute approximate surface area is 155 Å². The molecule has 0 aliphatic carbocycles. The Hall–Kier alpha value is -3.86. The molecular weight excluding hydrogens is 336 g/mol. The van der Waals surface area contributed by atoms with E-state index in [4.69, 9.17) is 4.98 Å². The molecule has 27 heavy (non-hydrogen) atoms. The number of nitrogens with zero attached hydrogens (tertiary/aromatic N) is 2. The summed E-state index contributed by atoms with van der Waals surface area (Å²) < 4.78 is 0. The molecular formula is C22H16N4O. The molecule has 5 rings (SSSR count). The van der Waals surface area contributed by atoms with Crippen LogP contribution < -0.4 is 5.32 Å². The van der Waals surface area contributed by atoms with Gasteiger partial charge in [0.1, 0.15) is 11.6 Å². The van der Waals surface area contributed by atoms with Gasteiger partial charge in [0, 0.05) is 28.2 Å². The quantitative estimate of drug-likeness (QED) is 0.416. The summed E-state index contributed by atoms with van der Waals surface area (Å²) in [6, 6.07) is 23.1. The molecule has 5 nitrogen and oxygen atoms in total. The Morgan fingerprint density at radius 3 is 2.63 bits per heavy atom. The van der Waals surface area contributed by atoms with Gasteiger partial charge in [-0.05, 0) is 48.5 Å². The Balaban J connectivity index is 1.66. The fourth-order valence-corrected chi connectivity index (χ4v) is 3.22. The molecule has 0 saturated heterocycles. The predicted molar refractivity (Wildman–Crippen MR) is 108 cm³/mol.